The van der Waals surface area contributed by atoms with Gasteiger partial charge in [-0.15, -0.1) is 0 Å². The molecule has 2 aromatic heterocycles. The van der Waals surface area contributed by atoms with Crippen LogP contribution >= 0.6 is 11.6 Å². The van der Waals surface area contributed by atoms with Crippen molar-refractivity contribution in [1.29, 1.82) is 0 Å². The molecule has 8 rings (SSSR count). The molecule has 0 aliphatic carbocycles. The SMILES string of the molecule is CCNC(=O)c1noc(-c2cc(C(C)C)c(O)cc2O)c1-c1ccc(CN2CCOCC2)cc1.Cc1cc(Nc2ncc(Cl)c(Nc3ccccc3S(=O)(=O)C(C)C)n2)c(OC(C)C)cc1C1CCNCC1. The number of amides is 1. The van der Waals surface area contributed by atoms with E-state index in [9.17, 15) is 23.4 Å². The average molecular weight is 1020 g/mol. The first-order valence-electron chi connectivity index (χ1n) is 24.6. The van der Waals surface area contributed by atoms with E-state index in [1.54, 1.807) is 44.2 Å². The minimum Gasteiger partial charge on any atom is -0.508 e. The van der Waals surface area contributed by atoms with E-state index in [2.05, 4.69) is 60.3 Å². The molecule has 0 unspecified atom stereocenters. The average Bonchev–Trinajstić information content (AvgIpc) is 3.79. The molecule has 0 bridgehead atoms. The minimum atomic E-state index is -3.52. The van der Waals surface area contributed by atoms with Crippen LogP contribution in [0.1, 0.15) is 106 Å². The molecule has 0 atom stereocenters. The highest BCUT2D eigenvalue weighted by Crippen LogP contribution is 2.44. The quantitative estimate of drug-likeness (QED) is 0.0532. The Labute approximate surface area is 427 Å². The van der Waals surface area contributed by atoms with Crippen molar-refractivity contribution in [3.63, 3.8) is 0 Å². The molecule has 6 N–H and O–H groups in total. The highest BCUT2D eigenvalue weighted by molar-refractivity contribution is 7.92. The number of phenolic OH excluding ortho intramolecular Hbond substituents is 2. The second-order valence-corrected chi connectivity index (χ2v) is 21.8. The molecule has 384 valence electrons. The van der Waals surface area contributed by atoms with Gasteiger partial charge in [-0.3, -0.25) is 9.69 Å². The standard InChI is InChI=1S/C28H36ClN5O3S.C26H31N3O5/c1-17(2)37-25-15-21(20-10-12-30-13-11-20)19(5)14-24(25)33-28-31-16-22(29)27(34-28)32-23-8-6-7-9-26(23)38(35,36)18(3)4;1-4-27-26(32)24-23(18-7-5-17(6-8-18)15-29-9-11-33-12-10-29)25(34-28-24)20-13-19(16(2)3)21(30)14-22(20)31/h6-9,14-18,20,30H,10-13H2,1-5H3,(H2,31,32,33,34);5-8,13-14,16,30-31H,4,9-12,15H2,1-3H3,(H,27,32). The molecule has 2 fully saturated rings. The van der Waals surface area contributed by atoms with Gasteiger partial charge < -0.3 is 45.5 Å². The number of aromatic nitrogens is 3. The molecule has 4 aromatic carbocycles. The predicted octanol–water partition coefficient (Wildman–Crippen LogP) is 10.5. The largest absolute Gasteiger partial charge is 0.508 e. The summed E-state index contributed by atoms with van der Waals surface area (Å²) in [6, 6.07) is 21.9. The summed E-state index contributed by atoms with van der Waals surface area (Å²) >= 11 is 6.42. The number of benzene rings is 4. The molecular formula is C54H67ClN8O8S. The van der Waals surface area contributed by atoms with Gasteiger partial charge in [-0.1, -0.05) is 67.0 Å². The third kappa shape index (κ3) is 12.9. The van der Waals surface area contributed by atoms with Gasteiger partial charge in [-0.05, 0) is 137 Å². The molecule has 2 aliphatic heterocycles. The first-order valence-corrected chi connectivity index (χ1v) is 26.5. The van der Waals surface area contributed by atoms with Crippen LogP contribution in [-0.4, -0.2) is 102 Å². The zero-order valence-electron chi connectivity index (χ0n) is 42.3. The summed E-state index contributed by atoms with van der Waals surface area (Å²) in [6.45, 7) is 21.7. The number of aromatic hydroxyl groups is 2. The molecule has 6 aromatic rings. The number of hydrogen-bond acceptors (Lipinski definition) is 15. The Hall–Kier alpha value is -6.24. The fourth-order valence-corrected chi connectivity index (χ4v) is 10.1. The lowest BCUT2D eigenvalue weighted by Crippen LogP contribution is -2.35. The maximum atomic E-state index is 12.9. The van der Waals surface area contributed by atoms with E-state index in [4.69, 9.17) is 25.6 Å². The van der Waals surface area contributed by atoms with Crippen LogP contribution < -0.4 is 26.0 Å². The van der Waals surface area contributed by atoms with Gasteiger partial charge in [0, 0.05) is 32.2 Å². The first kappa shape index (κ1) is 53.6. The summed E-state index contributed by atoms with van der Waals surface area (Å²) in [4.78, 5) is 24.2. The Morgan fingerprint density at radius 2 is 1.64 bits per heavy atom. The number of aryl methyl sites for hydroxylation is 1. The van der Waals surface area contributed by atoms with Crippen molar-refractivity contribution in [1.82, 2.24) is 30.7 Å². The number of morpholine rings is 1. The number of piperidine rings is 1. The van der Waals surface area contributed by atoms with Crippen LogP contribution in [0.2, 0.25) is 5.02 Å². The van der Waals surface area contributed by atoms with Crippen LogP contribution in [0.15, 0.2) is 88.4 Å². The van der Waals surface area contributed by atoms with Crippen molar-refractivity contribution in [2.24, 2.45) is 0 Å². The number of rotatable bonds is 16. The number of carbonyl (C=O) groups is 1. The summed E-state index contributed by atoms with van der Waals surface area (Å²) in [5.74, 6) is 1.64. The summed E-state index contributed by atoms with van der Waals surface area (Å²) < 4.78 is 43.0. The monoisotopic (exact) mass is 1020 g/mol. The Bertz CT molecular complexity index is 2930. The number of anilines is 4. The van der Waals surface area contributed by atoms with Crippen molar-refractivity contribution in [3.05, 3.63) is 112 Å². The zero-order valence-corrected chi connectivity index (χ0v) is 43.9. The summed E-state index contributed by atoms with van der Waals surface area (Å²) in [7, 11) is -3.52. The van der Waals surface area contributed by atoms with Gasteiger partial charge in [-0.2, -0.15) is 4.98 Å². The van der Waals surface area contributed by atoms with Gasteiger partial charge in [0.15, 0.2) is 27.1 Å². The van der Waals surface area contributed by atoms with E-state index < -0.39 is 15.1 Å². The van der Waals surface area contributed by atoms with E-state index >= 15 is 0 Å². The van der Waals surface area contributed by atoms with Gasteiger partial charge in [-0.25, -0.2) is 13.4 Å². The van der Waals surface area contributed by atoms with Crippen LogP contribution in [0.4, 0.5) is 23.1 Å². The Morgan fingerprint density at radius 3 is 2.31 bits per heavy atom. The van der Waals surface area contributed by atoms with E-state index in [1.807, 2.05) is 58.9 Å². The molecule has 1 amide bonds. The zero-order chi connectivity index (χ0) is 51.7. The fourth-order valence-electron chi connectivity index (χ4n) is 8.73. The lowest BCUT2D eigenvalue weighted by atomic mass is 9.87. The van der Waals surface area contributed by atoms with E-state index in [0.29, 0.717) is 46.6 Å². The number of phenols is 2. The number of carbonyl (C=O) groups excluding carboxylic acids is 1. The number of nitrogens with one attached hydrogen (secondary N) is 4. The van der Waals surface area contributed by atoms with Gasteiger partial charge >= 0.3 is 0 Å². The highest BCUT2D eigenvalue weighted by atomic mass is 35.5. The smallest absolute Gasteiger partial charge is 0.274 e. The normalized spacial score (nSPS) is 14.6. The van der Waals surface area contributed by atoms with Gasteiger partial charge in [0.2, 0.25) is 5.95 Å². The second-order valence-electron chi connectivity index (χ2n) is 18.9. The van der Waals surface area contributed by atoms with Crippen LogP contribution in [-0.2, 0) is 21.1 Å². The highest BCUT2D eigenvalue weighted by Gasteiger charge is 2.28. The molecule has 0 saturated carbocycles. The molecule has 0 radical (unpaired) electrons. The van der Waals surface area contributed by atoms with E-state index in [0.717, 1.165) is 81.3 Å². The van der Waals surface area contributed by atoms with E-state index in [1.165, 1.54) is 23.4 Å². The fraction of sp³-hybridized carbons (Fsp3) is 0.407. The third-order valence-corrected chi connectivity index (χ3v) is 15.1. The summed E-state index contributed by atoms with van der Waals surface area (Å²) in [6.07, 6.45) is 3.66. The number of nitrogens with zero attached hydrogens (tertiary/aromatic N) is 4. The molecule has 16 nitrogen and oxygen atoms in total. The molecule has 72 heavy (non-hydrogen) atoms. The van der Waals surface area contributed by atoms with Crippen molar-refractivity contribution >= 4 is 50.5 Å². The Kier molecular flexibility index (Phi) is 17.8. The lowest BCUT2D eigenvalue weighted by molar-refractivity contribution is 0.0342. The van der Waals surface area contributed by atoms with Crippen LogP contribution in [0.3, 0.4) is 0 Å². The topological polar surface area (TPSA) is 213 Å². The number of sulfone groups is 1. The molecule has 18 heteroatoms. The molecule has 2 saturated heterocycles. The predicted molar refractivity (Wildman–Crippen MR) is 283 cm³/mol. The molecule has 4 heterocycles. The summed E-state index contributed by atoms with van der Waals surface area (Å²) in [5.41, 5.74) is 7.22. The summed E-state index contributed by atoms with van der Waals surface area (Å²) in [5, 5.41) is 37.2. The maximum Gasteiger partial charge on any atom is 0.274 e. The van der Waals surface area contributed by atoms with Crippen molar-refractivity contribution in [2.45, 2.75) is 103 Å². The molecule has 2 aliphatic rings. The van der Waals surface area contributed by atoms with Gasteiger partial charge in [0.1, 0.15) is 22.3 Å². The second kappa shape index (κ2) is 24.0. The van der Waals surface area contributed by atoms with E-state index in [-0.39, 0.29) is 50.8 Å². The Morgan fingerprint density at radius 1 is 0.931 bits per heavy atom. The van der Waals surface area contributed by atoms with Crippen LogP contribution in [0.5, 0.6) is 17.2 Å². The number of para-hydroxylation sites is 1. The minimum absolute atomic E-state index is 0.00808. The number of ether oxygens (including phenoxy) is 2. The van der Waals surface area contributed by atoms with Gasteiger partial charge in [0.25, 0.3) is 5.91 Å². The number of hydrogen-bond donors (Lipinski definition) is 6. The Balaban J connectivity index is 0.000000213. The van der Waals surface area contributed by atoms with Crippen molar-refractivity contribution in [3.8, 4) is 39.7 Å². The maximum absolute atomic E-state index is 12.9. The van der Waals surface area contributed by atoms with Crippen molar-refractivity contribution in [2.75, 3.05) is 56.6 Å². The molecular weight excluding hydrogens is 956 g/mol. The number of halogens is 1. The van der Waals surface area contributed by atoms with Crippen molar-refractivity contribution < 1.29 is 37.4 Å². The molecule has 0 spiro atoms. The van der Waals surface area contributed by atoms with Crippen LogP contribution in [0, 0.1) is 6.92 Å². The van der Waals surface area contributed by atoms with Crippen LogP contribution in [0.25, 0.3) is 22.5 Å². The first-order chi connectivity index (χ1) is 34.4. The third-order valence-electron chi connectivity index (χ3n) is 12.6. The lowest BCUT2D eigenvalue weighted by Gasteiger charge is -2.26. The van der Waals surface area contributed by atoms with Gasteiger partial charge in [0.05, 0.1) is 58.2 Å².